The number of hydrogen-bond acceptors (Lipinski definition) is 7. The Bertz CT molecular complexity index is 921. The van der Waals surface area contributed by atoms with Gasteiger partial charge in [0.2, 0.25) is 5.75 Å². The average molecular weight is 444 g/mol. The van der Waals surface area contributed by atoms with Crippen LogP contribution in [0.25, 0.3) is 0 Å². The van der Waals surface area contributed by atoms with Gasteiger partial charge in [0.1, 0.15) is 0 Å². The Labute approximate surface area is 189 Å². The molecule has 1 aromatic carbocycles. The van der Waals surface area contributed by atoms with Gasteiger partial charge >= 0.3 is 5.97 Å². The zero-order valence-corrected chi connectivity index (χ0v) is 19.6. The maximum absolute atomic E-state index is 13.2. The number of esters is 1. The molecule has 1 heterocycles. The van der Waals surface area contributed by atoms with E-state index in [1.165, 1.54) is 0 Å². The van der Waals surface area contributed by atoms with Crippen molar-refractivity contribution in [2.45, 2.75) is 58.3 Å². The van der Waals surface area contributed by atoms with E-state index in [2.05, 4.69) is 12.2 Å². The smallest absolute Gasteiger partial charge is 0.336 e. The number of carbonyl (C=O) groups is 2. The van der Waals surface area contributed by atoms with Crippen molar-refractivity contribution in [1.82, 2.24) is 5.32 Å². The van der Waals surface area contributed by atoms with Gasteiger partial charge in [-0.3, -0.25) is 4.79 Å². The summed E-state index contributed by atoms with van der Waals surface area (Å²) in [5.74, 6) is 0.474. The highest BCUT2D eigenvalue weighted by Crippen LogP contribution is 2.47. The lowest BCUT2D eigenvalue weighted by Crippen LogP contribution is -2.34. The molecule has 0 radical (unpaired) electrons. The molecule has 0 spiro atoms. The molecule has 7 nitrogen and oxygen atoms in total. The fraction of sp³-hybridized carbons (Fsp3) is 0.520. The third-order valence-electron chi connectivity index (χ3n) is 6.00. The Hall–Kier alpha value is -2.96. The van der Waals surface area contributed by atoms with Crippen molar-refractivity contribution >= 4 is 11.8 Å². The molecule has 0 aromatic heterocycles. The lowest BCUT2D eigenvalue weighted by atomic mass is 9.75. The van der Waals surface area contributed by atoms with E-state index in [0.29, 0.717) is 47.1 Å². The van der Waals surface area contributed by atoms with Crippen molar-refractivity contribution in [3.8, 4) is 17.2 Å². The van der Waals surface area contributed by atoms with Crippen molar-refractivity contribution in [1.29, 1.82) is 0 Å². The van der Waals surface area contributed by atoms with Crippen LogP contribution in [0.5, 0.6) is 17.2 Å². The second-order valence-corrected chi connectivity index (χ2v) is 8.07. The molecule has 2 aliphatic rings. The summed E-state index contributed by atoms with van der Waals surface area (Å²) >= 11 is 0. The van der Waals surface area contributed by atoms with E-state index in [1.54, 1.807) is 21.3 Å². The van der Waals surface area contributed by atoms with Gasteiger partial charge in [-0.05, 0) is 43.9 Å². The average Bonchev–Trinajstić information content (AvgIpc) is 2.79. The van der Waals surface area contributed by atoms with Gasteiger partial charge in [-0.2, -0.15) is 0 Å². The van der Waals surface area contributed by atoms with Gasteiger partial charge in [0.05, 0.1) is 33.5 Å². The molecule has 3 rings (SSSR count). The standard InChI is InChI=1S/C25H33NO6/c1-6-7-8-12-32-25(28)21-15(2)26-17-10-9-11-18(27)23(17)22(21)16-13-19(29-3)24(31-5)20(14-16)30-4/h13-14,22,26H,6-12H2,1-5H3/t22-/m0/s1. The molecule has 0 amide bonds. The first-order valence-corrected chi connectivity index (χ1v) is 11.2. The summed E-state index contributed by atoms with van der Waals surface area (Å²) in [5.41, 5.74) is 3.38. The molecular formula is C25H33NO6. The van der Waals surface area contributed by atoms with Crippen LogP contribution >= 0.6 is 0 Å². The predicted molar refractivity (Wildman–Crippen MR) is 121 cm³/mol. The van der Waals surface area contributed by atoms with E-state index in [9.17, 15) is 9.59 Å². The van der Waals surface area contributed by atoms with Crippen LogP contribution in [0.2, 0.25) is 0 Å². The zero-order valence-electron chi connectivity index (χ0n) is 19.6. The number of unbranched alkanes of at least 4 members (excludes halogenated alkanes) is 2. The number of ketones is 1. The van der Waals surface area contributed by atoms with Crippen molar-refractivity contribution < 1.29 is 28.5 Å². The molecule has 1 aromatic rings. The van der Waals surface area contributed by atoms with Gasteiger partial charge in [-0.1, -0.05) is 19.8 Å². The van der Waals surface area contributed by atoms with Crippen molar-refractivity contribution in [2.24, 2.45) is 0 Å². The first kappa shape index (κ1) is 23.7. The normalized spacial score (nSPS) is 18.2. The Morgan fingerprint density at radius 2 is 1.75 bits per heavy atom. The largest absolute Gasteiger partial charge is 0.493 e. The number of hydrogen-bond donors (Lipinski definition) is 1. The number of ether oxygens (including phenoxy) is 4. The third-order valence-corrected chi connectivity index (χ3v) is 6.00. The number of nitrogens with one attached hydrogen (secondary N) is 1. The Balaban J connectivity index is 2.12. The molecule has 0 unspecified atom stereocenters. The van der Waals surface area contributed by atoms with E-state index < -0.39 is 11.9 Å². The second kappa shape index (κ2) is 10.6. The summed E-state index contributed by atoms with van der Waals surface area (Å²) in [6, 6.07) is 3.61. The SMILES string of the molecule is CCCCCOC(=O)C1=C(C)NC2=C(C(=O)CCC2)[C@H]1c1cc(OC)c(OC)c(OC)c1. The Kier molecular flexibility index (Phi) is 7.83. The van der Waals surface area contributed by atoms with Gasteiger partial charge < -0.3 is 24.3 Å². The number of benzene rings is 1. The van der Waals surface area contributed by atoms with E-state index in [-0.39, 0.29) is 5.78 Å². The van der Waals surface area contributed by atoms with Crippen molar-refractivity contribution in [3.05, 3.63) is 40.2 Å². The van der Waals surface area contributed by atoms with Crippen LogP contribution in [-0.4, -0.2) is 39.7 Å². The predicted octanol–water partition coefficient (Wildman–Crippen LogP) is 4.41. The van der Waals surface area contributed by atoms with Crippen LogP contribution in [-0.2, 0) is 14.3 Å². The van der Waals surface area contributed by atoms with E-state index in [1.807, 2.05) is 19.1 Å². The lowest BCUT2D eigenvalue weighted by Gasteiger charge is -2.34. The minimum atomic E-state index is -0.563. The molecule has 1 aliphatic heterocycles. The first-order chi connectivity index (χ1) is 15.5. The molecule has 1 aliphatic carbocycles. The van der Waals surface area contributed by atoms with Crippen LogP contribution in [0.3, 0.4) is 0 Å². The third kappa shape index (κ3) is 4.61. The first-order valence-electron chi connectivity index (χ1n) is 11.2. The number of dihydropyridines is 1. The highest BCUT2D eigenvalue weighted by Gasteiger charge is 2.39. The minimum Gasteiger partial charge on any atom is -0.493 e. The monoisotopic (exact) mass is 443 g/mol. The minimum absolute atomic E-state index is 0.0429. The van der Waals surface area contributed by atoms with Crippen LogP contribution in [0.4, 0.5) is 0 Å². The number of allylic oxidation sites excluding steroid dienone is 3. The molecule has 32 heavy (non-hydrogen) atoms. The fourth-order valence-corrected chi connectivity index (χ4v) is 4.45. The Morgan fingerprint density at radius 1 is 1.06 bits per heavy atom. The fourth-order valence-electron chi connectivity index (χ4n) is 4.45. The van der Waals surface area contributed by atoms with Gasteiger partial charge in [-0.15, -0.1) is 0 Å². The number of carbonyl (C=O) groups excluding carboxylic acids is 2. The summed E-state index contributed by atoms with van der Waals surface area (Å²) in [7, 11) is 4.63. The van der Waals surface area contributed by atoms with Crippen molar-refractivity contribution in [2.75, 3.05) is 27.9 Å². The van der Waals surface area contributed by atoms with Gasteiger partial charge in [0.25, 0.3) is 0 Å². The molecule has 0 saturated carbocycles. The zero-order chi connectivity index (χ0) is 23.3. The summed E-state index contributed by atoms with van der Waals surface area (Å²) in [6.45, 7) is 4.31. The quantitative estimate of drug-likeness (QED) is 0.447. The maximum atomic E-state index is 13.2. The molecule has 1 atom stereocenters. The summed E-state index contributed by atoms with van der Waals surface area (Å²) in [5, 5.41) is 3.31. The molecule has 0 saturated heterocycles. The van der Waals surface area contributed by atoms with Crippen LogP contribution in [0.15, 0.2) is 34.7 Å². The van der Waals surface area contributed by atoms with Crippen LogP contribution in [0.1, 0.15) is 63.9 Å². The Morgan fingerprint density at radius 3 is 2.34 bits per heavy atom. The summed E-state index contributed by atoms with van der Waals surface area (Å²) < 4.78 is 22.1. The molecule has 174 valence electrons. The van der Waals surface area contributed by atoms with Gasteiger partial charge in [-0.25, -0.2) is 4.79 Å². The number of Topliss-reactive ketones (excluding diaryl/α,β-unsaturated/α-hetero) is 1. The second-order valence-electron chi connectivity index (χ2n) is 8.07. The van der Waals surface area contributed by atoms with Gasteiger partial charge in [0, 0.05) is 29.3 Å². The molecule has 0 bridgehead atoms. The highest BCUT2D eigenvalue weighted by molar-refractivity contribution is 6.03. The number of methoxy groups -OCH3 is 3. The highest BCUT2D eigenvalue weighted by atomic mass is 16.5. The van der Waals surface area contributed by atoms with E-state index in [4.69, 9.17) is 18.9 Å². The van der Waals surface area contributed by atoms with Crippen molar-refractivity contribution in [3.63, 3.8) is 0 Å². The molecular weight excluding hydrogens is 410 g/mol. The van der Waals surface area contributed by atoms with E-state index >= 15 is 0 Å². The number of rotatable bonds is 9. The topological polar surface area (TPSA) is 83.1 Å². The van der Waals surface area contributed by atoms with Gasteiger partial charge in [0.15, 0.2) is 17.3 Å². The summed E-state index contributed by atoms with van der Waals surface area (Å²) in [6.07, 6.45) is 4.85. The molecule has 7 heteroatoms. The molecule has 0 fully saturated rings. The maximum Gasteiger partial charge on any atom is 0.336 e. The molecule has 1 N–H and O–H groups in total. The van der Waals surface area contributed by atoms with E-state index in [0.717, 1.165) is 43.4 Å². The lowest BCUT2D eigenvalue weighted by molar-refractivity contribution is -0.139. The van der Waals surface area contributed by atoms with Crippen LogP contribution in [0, 0.1) is 0 Å². The summed E-state index contributed by atoms with van der Waals surface area (Å²) in [4.78, 5) is 26.3. The van der Waals surface area contributed by atoms with Crippen LogP contribution < -0.4 is 19.5 Å².